The first kappa shape index (κ1) is 22.5. The van der Waals surface area contributed by atoms with Gasteiger partial charge in [0.15, 0.2) is 0 Å². The highest BCUT2D eigenvalue weighted by Gasteiger charge is 2.30. The maximum Gasteiger partial charge on any atom is 0.244 e. The summed E-state index contributed by atoms with van der Waals surface area (Å²) in [6.07, 6.45) is 1.05. The van der Waals surface area contributed by atoms with Gasteiger partial charge in [0.1, 0.15) is 6.04 Å². The standard InChI is InChI=1S/C20H24Cl2N2O3S/c1-12-6-7-13(2)17(10-12)14(3)23-20(25)15(4)24(28(5,26)27)16-8-9-18(21)19(22)11-16/h6-11,14-15H,1-5H3,(H,23,25). The Hall–Kier alpha value is -1.76. The van der Waals surface area contributed by atoms with Crippen molar-refractivity contribution in [1.29, 1.82) is 0 Å². The zero-order chi connectivity index (χ0) is 21.2. The predicted molar refractivity (Wildman–Crippen MR) is 116 cm³/mol. The Kier molecular flexibility index (Phi) is 7.02. The lowest BCUT2D eigenvalue weighted by atomic mass is 10.00. The van der Waals surface area contributed by atoms with Gasteiger partial charge in [0.25, 0.3) is 0 Å². The van der Waals surface area contributed by atoms with E-state index in [4.69, 9.17) is 23.2 Å². The summed E-state index contributed by atoms with van der Waals surface area (Å²) in [5, 5.41) is 3.43. The number of amides is 1. The molecule has 0 saturated heterocycles. The lowest BCUT2D eigenvalue weighted by Crippen LogP contribution is -2.48. The molecule has 0 fully saturated rings. The number of hydrogen-bond acceptors (Lipinski definition) is 3. The first-order valence-electron chi connectivity index (χ1n) is 8.73. The monoisotopic (exact) mass is 442 g/mol. The fraction of sp³-hybridized carbons (Fsp3) is 0.350. The Balaban J connectivity index is 2.31. The predicted octanol–water partition coefficient (Wildman–Crippen LogP) is 4.64. The number of halogens is 2. The van der Waals surface area contributed by atoms with Crippen molar-refractivity contribution >= 4 is 44.8 Å². The molecule has 0 spiro atoms. The maximum absolute atomic E-state index is 12.9. The van der Waals surface area contributed by atoms with Crippen molar-refractivity contribution in [3.8, 4) is 0 Å². The van der Waals surface area contributed by atoms with Gasteiger partial charge in [-0.1, -0.05) is 47.0 Å². The number of hydrogen-bond donors (Lipinski definition) is 1. The summed E-state index contributed by atoms with van der Waals surface area (Å²) in [4.78, 5) is 12.9. The van der Waals surface area contributed by atoms with Crippen LogP contribution in [0.3, 0.4) is 0 Å². The Morgan fingerprint density at radius 1 is 1.04 bits per heavy atom. The number of sulfonamides is 1. The molecule has 1 N–H and O–H groups in total. The van der Waals surface area contributed by atoms with E-state index in [1.54, 1.807) is 0 Å². The van der Waals surface area contributed by atoms with Crippen molar-refractivity contribution in [2.45, 2.75) is 39.8 Å². The molecule has 8 heteroatoms. The van der Waals surface area contributed by atoms with Crippen molar-refractivity contribution in [2.24, 2.45) is 0 Å². The Morgan fingerprint density at radius 2 is 1.68 bits per heavy atom. The highest BCUT2D eigenvalue weighted by atomic mass is 35.5. The minimum absolute atomic E-state index is 0.212. The van der Waals surface area contributed by atoms with E-state index in [0.29, 0.717) is 5.02 Å². The van der Waals surface area contributed by atoms with Crippen molar-refractivity contribution in [3.63, 3.8) is 0 Å². The highest BCUT2D eigenvalue weighted by Crippen LogP contribution is 2.30. The van der Waals surface area contributed by atoms with Gasteiger partial charge in [0.2, 0.25) is 15.9 Å². The van der Waals surface area contributed by atoms with Gasteiger partial charge in [-0.2, -0.15) is 0 Å². The van der Waals surface area contributed by atoms with Crippen LogP contribution < -0.4 is 9.62 Å². The molecule has 0 aliphatic rings. The topological polar surface area (TPSA) is 66.5 Å². The molecule has 0 saturated carbocycles. The SMILES string of the molecule is Cc1ccc(C)c(C(C)NC(=O)C(C)N(c2ccc(Cl)c(Cl)c2)S(C)(=O)=O)c1. The number of anilines is 1. The number of rotatable bonds is 6. The minimum Gasteiger partial charge on any atom is -0.348 e. The minimum atomic E-state index is -3.74. The summed E-state index contributed by atoms with van der Waals surface area (Å²) in [6.45, 7) is 7.36. The summed E-state index contributed by atoms with van der Waals surface area (Å²) in [7, 11) is -3.74. The number of nitrogens with zero attached hydrogens (tertiary/aromatic N) is 1. The maximum atomic E-state index is 12.9. The van der Waals surface area contributed by atoms with Crippen LogP contribution in [-0.4, -0.2) is 26.6 Å². The van der Waals surface area contributed by atoms with Crippen molar-refractivity contribution < 1.29 is 13.2 Å². The van der Waals surface area contributed by atoms with E-state index >= 15 is 0 Å². The molecule has 5 nitrogen and oxygen atoms in total. The van der Waals surface area contributed by atoms with E-state index in [-0.39, 0.29) is 16.8 Å². The van der Waals surface area contributed by atoms with Crippen LogP contribution in [0.25, 0.3) is 0 Å². The molecule has 28 heavy (non-hydrogen) atoms. The van der Waals surface area contributed by atoms with Gasteiger partial charge in [-0.3, -0.25) is 9.10 Å². The van der Waals surface area contributed by atoms with Crippen LogP contribution in [0.2, 0.25) is 10.0 Å². The van der Waals surface area contributed by atoms with Crippen molar-refractivity contribution in [1.82, 2.24) is 5.32 Å². The zero-order valence-electron chi connectivity index (χ0n) is 16.5. The van der Waals surface area contributed by atoms with Gasteiger partial charge in [-0.05, 0) is 57.0 Å². The second-order valence-corrected chi connectivity index (χ2v) is 9.60. The average molecular weight is 443 g/mol. The molecule has 2 unspecified atom stereocenters. The first-order valence-corrected chi connectivity index (χ1v) is 11.3. The molecule has 0 aliphatic heterocycles. The molecule has 0 heterocycles. The number of benzene rings is 2. The molecule has 2 aromatic carbocycles. The quantitative estimate of drug-likeness (QED) is 0.707. The molecule has 0 radical (unpaired) electrons. The third kappa shape index (κ3) is 5.19. The third-order valence-corrected chi connectivity index (χ3v) is 6.49. The van der Waals surface area contributed by atoms with Gasteiger partial charge in [0.05, 0.1) is 28.0 Å². The van der Waals surface area contributed by atoms with E-state index in [1.165, 1.54) is 25.1 Å². The molecular formula is C20H24Cl2N2O3S. The number of carbonyl (C=O) groups is 1. The van der Waals surface area contributed by atoms with E-state index in [9.17, 15) is 13.2 Å². The second-order valence-electron chi connectivity index (χ2n) is 6.92. The average Bonchev–Trinajstić information content (AvgIpc) is 2.58. The van der Waals surface area contributed by atoms with Gasteiger partial charge in [0, 0.05) is 0 Å². The van der Waals surface area contributed by atoms with Crippen molar-refractivity contribution in [3.05, 3.63) is 63.1 Å². The number of carbonyl (C=O) groups excluding carboxylic acids is 1. The first-order chi connectivity index (χ1) is 12.9. The van der Waals surface area contributed by atoms with E-state index in [1.807, 2.05) is 39.0 Å². The summed E-state index contributed by atoms with van der Waals surface area (Å²) in [5.74, 6) is -0.412. The fourth-order valence-electron chi connectivity index (χ4n) is 3.07. The lowest BCUT2D eigenvalue weighted by molar-refractivity contribution is -0.122. The van der Waals surface area contributed by atoms with Gasteiger partial charge in [-0.25, -0.2) is 8.42 Å². The molecule has 0 bridgehead atoms. The Bertz CT molecular complexity index is 993. The molecule has 0 aliphatic carbocycles. The molecule has 1 amide bonds. The molecule has 2 atom stereocenters. The van der Waals surface area contributed by atoms with Crippen LogP contribution in [0.15, 0.2) is 36.4 Å². The highest BCUT2D eigenvalue weighted by molar-refractivity contribution is 7.92. The normalized spacial score (nSPS) is 13.7. The number of aryl methyl sites for hydroxylation is 2. The summed E-state index contributed by atoms with van der Waals surface area (Å²) >= 11 is 12.0. The van der Waals surface area contributed by atoms with Gasteiger partial charge < -0.3 is 5.32 Å². The summed E-state index contributed by atoms with van der Waals surface area (Å²) in [6, 6.07) is 9.22. The van der Waals surface area contributed by atoms with E-state index in [0.717, 1.165) is 27.3 Å². The van der Waals surface area contributed by atoms with Crippen molar-refractivity contribution in [2.75, 3.05) is 10.6 Å². The van der Waals surface area contributed by atoms with Gasteiger partial charge in [-0.15, -0.1) is 0 Å². The summed E-state index contributed by atoms with van der Waals surface area (Å²) in [5.41, 5.74) is 3.40. The largest absolute Gasteiger partial charge is 0.348 e. The van der Waals surface area contributed by atoms with Crippen LogP contribution in [-0.2, 0) is 14.8 Å². The second kappa shape index (κ2) is 8.72. The molecular weight excluding hydrogens is 419 g/mol. The van der Waals surface area contributed by atoms with Crippen LogP contribution in [0.1, 0.15) is 36.6 Å². The van der Waals surface area contributed by atoms with Crippen LogP contribution in [0.5, 0.6) is 0 Å². The van der Waals surface area contributed by atoms with E-state index < -0.39 is 22.0 Å². The van der Waals surface area contributed by atoms with Gasteiger partial charge >= 0.3 is 0 Å². The van der Waals surface area contributed by atoms with E-state index in [2.05, 4.69) is 5.32 Å². The van der Waals surface area contributed by atoms with Crippen LogP contribution in [0.4, 0.5) is 5.69 Å². The molecule has 152 valence electrons. The lowest BCUT2D eigenvalue weighted by Gasteiger charge is -2.29. The Morgan fingerprint density at radius 3 is 2.25 bits per heavy atom. The number of nitrogens with one attached hydrogen (secondary N) is 1. The molecule has 2 rings (SSSR count). The zero-order valence-corrected chi connectivity index (χ0v) is 18.8. The third-order valence-electron chi connectivity index (χ3n) is 4.51. The smallest absolute Gasteiger partial charge is 0.244 e. The Labute approximate surface area is 176 Å². The van der Waals surface area contributed by atoms with Crippen LogP contribution in [0, 0.1) is 13.8 Å². The molecule has 2 aromatic rings. The van der Waals surface area contributed by atoms with Crippen LogP contribution >= 0.6 is 23.2 Å². The summed E-state index contributed by atoms with van der Waals surface area (Å²) < 4.78 is 25.8. The fourth-order valence-corrected chi connectivity index (χ4v) is 4.53. The molecule has 0 aromatic heterocycles.